The first kappa shape index (κ1) is 17.6. The van der Waals surface area contributed by atoms with Crippen LogP contribution in [-0.4, -0.2) is 25.1 Å². The van der Waals surface area contributed by atoms with E-state index in [4.69, 9.17) is 9.47 Å². The van der Waals surface area contributed by atoms with Gasteiger partial charge in [0.25, 0.3) is 5.91 Å². The van der Waals surface area contributed by atoms with Crippen LogP contribution in [0.25, 0.3) is 0 Å². The molecule has 0 unspecified atom stereocenters. The van der Waals surface area contributed by atoms with E-state index in [1.165, 1.54) is 14.2 Å². The van der Waals surface area contributed by atoms with Gasteiger partial charge in [0.2, 0.25) is 0 Å². The summed E-state index contributed by atoms with van der Waals surface area (Å²) < 4.78 is 47.8. The Hall–Kier alpha value is -2.77. The van der Waals surface area contributed by atoms with Crippen molar-refractivity contribution in [2.75, 3.05) is 14.2 Å². The number of hydrogen-bond donors (Lipinski definition) is 1. The molecule has 0 fully saturated rings. The predicted molar refractivity (Wildman–Crippen MR) is 80.0 cm³/mol. The fraction of sp³-hybridized carbons (Fsp3) is 0.250. The molecule has 0 spiro atoms. The fourth-order valence-electron chi connectivity index (χ4n) is 2.07. The first-order chi connectivity index (χ1) is 11.4. The summed E-state index contributed by atoms with van der Waals surface area (Å²) >= 11 is 0. The zero-order valence-corrected chi connectivity index (χ0v) is 13.0. The summed E-state index contributed by atoms with van der Waals surface area (Å²) in [5.74, 6) is 0.451. The number of aromatic nitrogens is 1. The van der Waals surface area contributed by atoms with Crippen LogP contribution in [0.2, 0.25) is 0 Å². The number of hydrogen-bond acceptors (Lipinski definition) is 4. The fourth-order valence-corrected chi connectivity index (χ4v) is 2.07. The molecule has 1 N–H and O–H groups in total. The monoisotopic (exact) mass is 340 g/mol. The molecular formula is C16H15F3N2O3. The number of benzene rings is 1. The first-order valence-electron chi connectivity index (χ1n) is 6.88. The molecule has 24 heavy (non-hydrogen) atoms. The van der Waals surface area contributed by atoms with Gasteiger partial charge in [-0.1, -0.05) is 12.1 Å². The van der Waals surface area contributed by atoms with Gasteiger partial charge < -0.3 is 14.8 Å². The quantitative estimate of drug-likeness (QED) is 0.909. The molecule has 128 valence electrons. The molecule has 0 aliphatic rings. The highest BCUT2D eigenvalue weighted by Gasteiger charge is 2.32. The van der Waals surface area contributed by atoms with Gasteiger partial charge in [-0.25, -0.2) is 0 Å². The third-order valence-corrected chi connectivity index (χ3v) is 3.24. The molecular weight excluding hydrogens is 325 g/mol. The van der Waals surface area contributed by atoms with E-state index < -0.39 is 17.8 Å². The predicted octanol–water partition coefficient (Wildman–Crippen LogP) is 3.05. The Morgan fingerprint density at radius 3 is 2.46 bits per heavy atom. The molecule has 0 aliphatic carbocycles. The Bertz CT molecular complexity index is 715. The van der Waals surface area contributed by atoms with Crippen molar-refractivity contribution in [1.29, 1.82) is 0 Å². The summed E-state index contributed by atoms with van der Waals surface area (Å²) in [6, 6.07) is 7.04. The van der Waals surface area contributed by atoms with E-state index in [9.17, 15) is 18.0 Å². The third kappa shape index (κ3) is 3.95. The van der Waals surface area contributed by atoms with Crippen molar-refractivity contribution in [2.45, 2.75) is 12.7 Å². The van der Waals surface area contributed by atoms with Crippen LogP contribution >= 0.6 is 0 Å². The number of carbonyl (C=O) groups excluding carboxylic acids is 1. The third-order valence-electron chi connectivity index (χ3n) is 3.24. The van der Waals surface area contributed by atoms with Crippen molar-refractivity contribution in [3.63, 3.8) is 0 Å². The molecule has 1 aromatic carbocycles. The summed E-state index contributed by atoms with van der Waals surface area (Å²) in [6.45, 7) is 0.125. The van der Waals surface area contributed by atoms with Crippen LogP contribution in [0.4, 0.5) is 13.2 Å². The molecule has 1 aromatic heterocycles. The van der Waals surface area contributed by atoms with Gasteiger partial charge in [0, 0.05) is 18.3 Å². The average molecular weight is 340 g/mol. The van der Waals surface area contributed by atoms with Gasteiger partial charge >= 0.3 is 6.18 Å². The van der Waals surface area contributed by atoms with Crippen LogP contribution in [0, 0.1) is 0 Å². The van der Waals surface area contributed by atoms with Crippen molar-refractivity contribution < 1.29 is 27.4 Å². The molecule has 2 rings (SSSR count). The maximum Gasteiger partial charge on any atom is 0.433 e. The van der Waals surface area contributed by atoms with Crippen molar-refractivity contribution in [3.8, 4) is 11.5 Å². The number of rotatable bonds is 5. The Morgan fingerprint density at radius 1 is 1.17 bits per heavy atom. The zero-order chi connectivity index (χ0) is 17.7. The van der Waals surface area contributed by atoms with Crippen LogP contribution < -0.4 is 14.8 Å². The highest BCUT2D eigenvalue weighted by atomic mass is 19.4. The number of nitrogens with zero attached hydrogens (tertiary/aromatic N) is 1. The summed E-state index contributed by atoms with van der Waals surface area (Å²) in [5.41, 5.74) is -0.344. The Kier molecular flexibility index (Phi) is 5.28. The number of para-hydroxylation sites is 1. The van der Waals surface area contributed by atoms with Crippen molar-refractivity contribution >= 4 is 5.91 Å². The molecule has 1 heterocycles. The van der Waals surface area contributed by atoms with E-state index in [-0.39, 0.29) is 12.1 Å². The standard InChI is InChI=1S/C16H15F3N2O3/c1-23-12-5-3-4-10(14(12)24-2)8-21-15(22)11-6-7-13(20-9-11)16(17,18)19/h3-7,9H,8H2,1-2H3,(H,21,22). The second kappa shape index (κ2) is 7.20. The number of carbonyl (C=O) groups is 1. The lowest BCUT2D eigenvalue weighted by atomic mass is 10.1. The molecule has 5 nitrogen and oxygen atoms in total. The second-order valence-corrected chi connectivity index (χ2v) is 4.77. The Morgan fingerprint density at radius 2 is 1.92 bits per heavy atom. The van der Waals surface area contributed by atoms with Crippen molar-refractivity contribution in [1.82, 2.24) is 10.3 Å². The maximum atomic E-state index is 12.5. The first-order valence-corrected chi connectivity index (χ1v) is 6.88. The van der Waals surface area contributed by atoms with Crippen LogP contribution in [0.1, 0.15) is 21.6 Å². The molecule has 2 aromatic rings. The summed E-state index contributed by atoms with van der Waals surface area (Å²) in [5, 5.41) is 2.60. The van der Waals surface area contributed by atoms with E-state index in [1.807, 2.05) is 0 Å². The lowest BCUT2D eigenvalue weighted by molar-refractivity contribution is -0.141. The Labute approximate surface area is 136 Å². The highest BCUT2D eigenvalue weighted by molar-refractivity contribution is 5.93. The largest absolute Gasteiger partial charge is 0.493 e. The number of amides is 1. The van der Waals surface area contributed by atoms with Gasteiger partial charge in [0.05, 0.1) is 19.8 Å². The SMILES string of the molecule is COc1cccc(CNC(=O)c2ccc(C(F)(F)F)nc2)c1OC. The van der Waals surface area contributed by atoms with Crippen molar-refractivity contribution in [3.05, 3.63) is 53.3 Å². The lowest BCUT2D eigenvalue weighted by Crippen LogP contribution is -2.23. The Balaban J connectivity index is 2.09. The highest BCUT2D eigenvalue weighted by Crippen LogP contribution is 2.30. The van der Waals surface area contributed by atoms with E-state index in [0.29, 0.717) is 17.1 Å². The molecule has 0 saturated carbocycles. The van der Waals surface area contributed by atoms with E-state index in [2.05, 4.69) is 10.3 Å². The molecule has 0 saturated heterocycles. The number of ether oxygens (including phenoxy) is 2. The van der Waals surface area contributed by atoms with E-state index in [0.717, 1.165) is 18.3 Å². The topological polar surface area (TPSA) is 60.5 Å². The summed E-state index contributed by atoms with van der Waals surface area (Å²) in [7, 11) is 2.97. The number of pyridine rings is 1. The molecule has 0 radical (unpaired) electrons. The molecule has 8 heteroatoms. The minimum absolute atomic E-state index is 0.0323. The summed E-state index contributed by atoms with van der Waals surface area (Å²) in [4.78, 5) is 15.3. The zero-order valence-electron chi connectivity index (χ0n) is 13.0. The molecule has 0 atom stereocenters. The lowest BCUT2D eigenvalue weighted by Gasteiger charge is -2.13. The number of halogens is 3. The van der Waals surface area contributed by atoms with Crippen LogP contribution in [0.3, 0.4) is 0 Å². The smallest absolute Gasteiger partial charge is 0.433 e. The molecule has 0 aliphatic heterocycles. The summed E-state index contributed by atoms with van der Waals surface area (Å²) in [6.07, 6.45) is -3.65. The van der Waals surface area contributed by atoms with Gasteiger partial charge in [0.15, 0.2) is 11.5 Å². The van der Waals surface area contributed by atoms with E-state index >= 15 is 0 Å². The van der Waals surface area contributed by atoms with Gasteiger partial charge in [-0.3, -0.25) is 9.78 Å². The number of methoxy groups -OCH3 is 2. The minimum atomic E-state index is -4.54. The van der Waals surface area contributed by atoms with Gasteiger partial charge in [-0.15, -0.1) is 0 Å². The van der Waals surface area contributed by atoms with Crippen molar-refractivity contribution in [2.24, 2.45) is 0 Å². The van der Waals surface area contributed by atoms with Gasteiger partial charge in [0.1, 0.15) is 5.69 Å². The molecule has 1 amide bonds. The number of alkyl halides is 3. The number of nitrogens with one attached hydrogen (secondary N) is 1. The normalized spacial score (nSPS) is 11.0. The van der Waals surface area contributed by atoms with Gasteiger partial charge in [-0.05, 0) is 18.2 Å². The van der Waals surface area contributed by atoms with Crippen LogP contribution in [0.5, 0.6) is 11.5 Å². The minimum Gasteiger partial charge on any atom is -0.493 e. The maximum absolute atomic E-state index is 12.5. The molecule has 0 bridgehead atoms. The average Bonchev–Trinajstić information content (AvgIpc) is 2.58. The van der Waals surface area contributed by atoms with Crippen LogP contribution in [0.15, 0.2) is 36.5 Å². The second-order valence-electron chi connectivity index (χ2n) is 4.77. The van der Waals surface area contributed by atoms with E-state index in [1.54, 1.807) is 18.2 Å². The van der Waals surface area contributed by atoms with Gasteiger partial charge in [-0.2, -0.15) is 13.2 Å². The van der Waals surface area contributed by atoms with Crippen LogP contribution in [-0.2, 0) is 12.7 Å².